The molecule has 0 saturated carbocycles. The van der Waals surface area contributed by atoms with E-state index in [2.05, 4.69) is 10.2 Å². The van der Waals surface area contributed by atoms with E-state index in [9.17, 15) is 0 Å². The Hall–Kier alpha value is -1.26. The van der Waals surface area contributed by atoms with Gasteiger partial charge in [0, 0.05) is 16.0 Å². The van der Waals surface area contributed by atoms with E-state index in [0.29, 0.717) is 27.6 Å². The molecular formula is C12H12Cl2N2O2. The van der Waals surface area contributed by atoms with Crippen molar-refractivity contribution in [2.75, 3.05) is 0 Å². The Labute approximate surface area is 115 Å². The fourth-order valence-corrected chi connectivity index (χ4v) is 1.82. The summed E-state index contributed by atoms with van der Waals surface area (Å²) in [7, 11) is 0. The van der Waals surface area contributed by atoms with E-state index in [1.165, 1.54) is 0 Å². The minimum atomic E-state index is 0.191. The molecule has 0 bridgehead atoms. The van der Waals surface area contributed by atoms with E-state index in [-0.39, 0.29) is 12.5 Å². The topological polar surface area (TPSA) is 48.2 Å². The minimum Gasteiger partial charge on any atom is -0.484 e. The summed E-state index contributed by atoms with van der Waals surface area (Å²) < 4.78 is 10.9. The smallest absolute Gasteiger partial charge is 0.253 e. The molecule has 0 N–H and O–H groups in total. The molecule has 1 heterocycles. The quantitative estimate of drug-likeness (QED) is 0.850. The predicted molar refractivity (Wildman–Crippen MR) is 69.2 cm³/mol. The van der Waals surface area contributed by atoms with E-state index in [1.54, 1.807) is 18.2 Å². The monoisotopic (exact) mass is 286 g/mol. The third-order valence-electron chi connectivity index (χ3n) is 2.17. The first-order valence-corrected chi connectivity index (χ1v) is 6.21. The average molecular weight is 287 g/mol. The van der Waals surface area contributed by atoms with Gasteiger partial charge in [0.1, 0.15) is 5.75 Å². The zero-order chi connectivity index (χ0) is 13.1. The van der Waals surface area contributed by atoms with E-state index < -0.39 is 0 Å². The molecule has 0 radical (unpaired) electrons. The largest absolute Gasteiger partial charge is 0.484 e. The molecule has 0 saturated heterocycles. The van der Waals surface area contributed by atoms with Crippen LogP contribution in [0.4, 0.5) is 0 Å². The molecule has 0 aliphatic carbocycles. The second kappa shape index (κ2) is 5.59. The van der Waals surface area contributed by atoms with Crippen LogP contribution in [0.1, 0.15) is 31.5 Å². The highest BCUT2D eigenvalue weighted by atomic mass is 35.5. The van der Waals surface area contributed by atoms with Crippen molar-refractivity contribution in [2.45, 2.75) is 26.4 Å². The van der Waals surface area contributed by atoms with Gasteiger partial charge in [0.15, 0.2) is 6.61 Å². The van der Waals surface area contributed by atoms with Gasteiger partial charge in [-0.15, -0.1) is 10.2 Å². The highest BCUT2D eigenvalue weighted by Crippen LogP contribution is 2.24. The van der Waals surface area contributed by atoms with Crippen molar-refractivity contribution in [1.29, 1.82) is 0 Å². The highest BCUT2D eigenvalue weighted by Gasteiger charge is 2.10. The summed E-state index contributed by atoms with van der Waals surface area (Å²) in [5.74, 6) is 1.79. The Morgan fingerprint density at radius 2 is 1.83 bits per heavy atom. The highest BCUT2D eigenvalue weighted by molar-refractivity contribution is 6.34. The van der Waals surface area contributed by atoms with Gasteiger partial charge in [0.25, 0.3) is 5.89 Å². The number of benzene rings is 1. The first kappa shape index (κ1) is 13.2. The van der Waals surface area contributed by atoms with E-state index >= 15 is 0 Å². The fraction of sp³-hybridized carbons (Fsp3) is 0.333. The van der Waals surface area contributed by atoms with Crippen molar-refractivity contribution < 1.29 is 9.15 Å². The summed E-state index contributed by atoms with van der Waals surface area (Å²) >= 11 is 11.7. The van der Waals surface area contributed by atoms with Crippen LogP contribution in [-0.2, 0) is 6.61 Å². The molecule has 2 rings (SSSR count). The van der Waals surface area contributed by atoms with Gasteiger partial charge in [-0.25, -0.2) is 0 Å². The average Bonchev–Trinajstić information content (AvgIpc) is 2.73. The van der Waals surface area contributed by atoms with Crippen LogP contribution in [0.25, 0.3) is 0 Å². The number of hydrogen-bond donors (Lipinski definition) is 0. The number of halogens is 2. The molecule has 1 aromatic heterocycles. The molecule has 4 nitrogen and oxygen atoms in total. The lowest BCUT2D eigenvalue weighted by atomic mass is 10.2. The molecule has 0 fully saturated rings. The van der Waals surface area contributed by atoms with Crippen molar-refractivity contribution in [1.82, 2.24) is 10.2 Å². The zero-order valence-electron chi connectivity index (χ0n) is 9.98. The number of hydrogen-bond acceptors (Lipinski definition) is 4. The van der Waals surface area contributed by atoms with Gasteiger partial charge in [-0.1, -0.05) is 37.0 Å². The molecule has 6 heteroatoms. The normalized spacial score (nSPS) is 10.9. The maximum atomic E-state index is 5.86. The van der Waals surface area contributed by atoms with Crippen molar-refractivity contribution in [3.63, 3.8) is 0 Å². The molecule has 0 atom stereocenters. The lowest BCUT2D eigenvalue weighted by Gasteiger charge is -2.04. The summed E-state index contributed by atoms with van der Waals surface area (Å²) in [6, 6.07) is 4.99. The van der Waals surface area contributed by atoms with E-state index in [4.69, 9.17) is 32.4 Å². The van der Waals surface area contributed by atoms with E-state index in [0.717, 1.165) is 0 Å². The zero-order valence-corrected chi connectivity index (χ0v) is 11.5. The summed E-state index contributed by atoms with van der Waals surface area (Å²) in [6.07, 6.45) is 0. The standard InChI is InChI=1S/C12H12Cl2N2O2/c1-7(2)12-16-15-11(18-12)6-17-10-4-8(13)3-9(14)5-10/h3-5,7H,6H2,1-2H3. The lowest BCUT2D eigenvalue weighted by molar-refractivity contribution is 0.257. The third-order valence-corrected chi connectivity index (χ3v) is 2.61. The maximum absolute atomic E-state index is 5.86. The molecule has 0 aliphatic heterocycles. The Balaban J connectivity index is 2.02. The van der Waals surface area contributed by atoms with Crippen molar-refractivity contribution in [3.8, 4) is 5.75 Å². The van der Waals surface area contributed by atoms with Crippen LogP contribution in [0.5, 0.6) is 5.75 Å². The van der Waals surface area contributed by atoms with E-state index in [1.807, 2.05) is 13.8 Å². The van der Waals surface area contributed by atoms with Crippen LogP contribution in [-0.4, -0.2) is 10.2 Å². The molecule has 0 amide bonds. The summed E-state index contributed by atoms with van der Waals surface area (Å²) in [6.45, 7) is 4.15. The van der Waals surface area contributed by atoms with Crippen LogP contribution in [0.2, 0.25) is 10.0 Å². The Bertz CT molecular complexity index is 520. The van der Waals surface area contributed by atoms with Gasteiger partial charge in [-0.3, -0.25) is 0 Å². The molecular weight excluding hydrogens is 275 g/mol. The molecule has 0 unspecified atom stereocenters. The van der Waals surface area contributed by atoms with Gasteiger partial charge in [0.2, 0.25) is 5.89 Å². The summed E-state index contributed by atoms with van der Waals surface area (Å²) in [5, 5.41) is 8.84. The number of aromatic nitrogens is 2. The first-order valence-electron chi connectivity index (χ1n) is 5.46. The van der Waals surface area contributed by atoms with Crippen LogP contribution in [0.15, 0.2) is 22.6 Å². The molecule has 1 aromatic carbocycles. The number of rotatable bonds is 4. The molecule has 18 heavy (non-hydrogen) atoms. The van der Waals surface area contributed by atoms with Crippen LogP contribution in [0.3, 0.4) is 0 Å². The van der Waals surface area contributed by atoms with Gasteiger partial charge in [-0.2, -0.15) is 0 Å². The second-order valence-electron chi connectivity index (χ2n) is 4.08. The summed E-state index contributed by atoms with van der Waals surface area (Å²) in [4.78, 5) is 0. The third kappa shape index (κ3) is 3.37. The minimum absolute atomic E-state index is 0.191. The van der Waals surface area contributed by atoms with Crippen LogP contribution >= 0.6 is 23.2 Å². The lowest BCUT2D eigenvalue weighted by Crippen LogP contribution is -1.95. The number of ether oxygens (including phenoxy) is 1. The molecule has 0 spiro atoms. The Kier molecular flexibility index (Phi) is 4.09. The Morgan fingerprint density at radius 1 is 1.17 bits per heavy atom. The van der Waals surface area contributed by atoms with Crippen LogP contribution in [0, 0.1) is 0 Å². The number of nitrogens with zero attached hydrogens (tertiary/aromatic N) is 2. The molecule has 0 aliphatic rings. The van der Waals surface area contributed by atoms with Crippen molar-refractivity contribution in [2.24, 2.45) is 0 Å². The first-order chi connectivity index (χ1) is 8.54. The predicted octanol–water partition coefficient (Wildman–Crippen LogP) is 4.08. The molecule has 2 aromatic rings. The Morgan fingerprint density at radius 3 is 2.39 bits per heavy atom. The summed E-state index contributed by atoms with van der Waals surface area (Å²) in [5.41, 5.74) is 0. The van der Waals surface area contributed by atoms with Crippen molar-refractivity contribution >= 4 is 23.2 Å². The van der Waals surface area contributed by atoms with Crippen LogP contribution < -0.4 is 4.74 Å². The second-order valence-corrected chi connectivity index (χ2v) is 4.96. The fourth-order valence-electron chi connectivity index (χ4n) is 1.32. The SMILES string of the molecule is CC(C)c1nnc(COc2cc(Cl)cc(Cl)c2)o1. The van der Waals surface area contributed by atoms with Gasteiger partial charge >= 0.3 is 0 Å². The molecule has 96 valence electrons. The van der Waals surface area contributed by atoms with Gasteiger partial charge < -0.3 is 9.15 Å². The van der Waals surface area contributed by atoms with Gasteiger partial charge in [-0.05, 0) is 18.2 Å². The van der Waals surface area contributed by atoms with Gasteiger partial charge in [0.05, 0.1) is 0 Å². The van der Waals surface area contributed by atoms with Crippen molar-refractivity contribution in [3.05, 3.63) is 40.0 Å². The maximum Gasteiger partial charge on any atom is 0.253 e.